The van der Waals surface area contributed by atoms with Crippen molar-refractivity contribution in [2.45, 2.75) is 24.5 Å². The van der Waals surface area contributed by atoms with E-state index in [1.54, 1.807) is 38.6 Å². The van der Waals surface area contributed by atoms with E-state index in [-0.39, 0.29) is 11.7 Å². The minimum Gasteiger partial charge on any atom is -0.507 e. The average Bonchev–Trinajstić information content (AvgIpc) is 2.94. The molecule has 0 spiro atoms. The molecule has 5 heteroatoms. The summed E-state index contributed by atoms with van der Waals surface area (Å²) >= 11 is 0. The SMILES string of the molecule is COc1ccccc1C(O)(c1ccccc1OC)C(N=Cc1ccccc1O)C(C)c1ccccc1. The van der Waals surface area contributed by atoms with Crippen LogP contribution in [0.3, 0.4) is 0 Å². The van der Waals surface area contributed by atoms with Crippen LogP contribution in [0.2, 0.25) is 0 Å². The molecule has 2 unspecified atom stereocenters. The molecule has 0 heterocycles. The van der Waals surface area contributed by atoms with Crippen molar-refractivity contribution in [2.75, 3.05) is 14.2 Å². The van der Waals surface area contributed by atoms with E-state index >= 15 is 0 Å². The van der Waals surface area contributed by atoms with Gasteiger partial charge in [-0.15, -0.1) is 0 Å². The van der Waals surface area contributed by atoms with Crippen LogP contribution in [0.15, 0.2) is 108 Å². The quantitative estimate of drug-likeness (QED) is 0.290. The predicted molar refractivity (Wildman–Crippen MR) is 143 cm³/mol. The van der Waals surface area contributed by atoms with Crippen LogP contribution in [0.1, 0.15) is 35.1 Å². The molecule has 0 saturated heterocycles. The van der Waals surface area contributed by atoms with Crippen molar-refractivity contribution in [3.05, 3.63) is 125 Å². The van der Waals surface area contributed by atoms with E-state index in [2.05, 4.69) is 0 Å². The number of methoxy groups -OCH3 is 2. The fourth-order valence-electron chi connectivity index (χ4n) is 4.68. The molecule has 0 amide bonds. The van der Waals surface area contributed by atoms with Crippen molar-refractivity contribution in [3.8, 4) is 17.2 Å². The minimum atomic E-state index is -1.64. The topological polar surface area (TPSA) is 71.3 Å². The maximum absolute atomic E-state index is 12.9. The summed E-state index contributed by atoms with van der Waals surface area (Å²) in [5.74, 6) is 0.960. The number of para-hydroxylation sites is 3. The average molecular weight is 482 g/mol. The smallest absolute Gasteiger partial charge is 0.145 e. The molecule has 0 aliphatic heterocycles. The van der Waals surface area contributed by atoms with Gasteiger partial charge in [-0.3, -0.25) is 4.99 Å². The fraction of sp³-hybridized carbons (Fsp3) is 0.194. The van der Waals surface area contributed by atoms with Gasteiger partial charge in [-0.25, -0.2) is 0 Å². The van der Waals surface area contributed by atoms with E-state index < -0.39 is 11.6 Å². The number of benzene rings is 4. The van der Waals surface area contributed by atoms with Crippen LogP contribution in [0.4, 0.5) is 0 Å². The molecule has 2 atom stereocenters. The Morgan fingerprint density at radius 1 is 0.722 bits per heavy atom. The first kappa shape index (κ1) is 25.0. The third-order valence-corrected chi connectivity index (χ3v) is 6.57. The zero-order chi connectivity index (χ0) is 25.5. The zero-order valence-electron chi connectivity index (χ0n) is 20.7. The van der Waals surface area contributed by atoms with Crippen molar-refractivity contribution in [2.24, 2.45) is 4.99 Å². The molecule has 184 valence electrons. The van der Waals surface area contributed by atoms with Gasteiger partial charge >= 0.3 is 0 Å². The molecular formula is C31H31NO4. The molecule has 0 saturated carbocycles. The molecule has 0 aromatic heterocycles. The lowest BCUT2D eigenvalue weighted by atomic mass is 9.73. The molecule has 5 nitrogen and oxygen atoms in total. The van der Waals surface area contributed by atoms with Gasteiger partial charge in [-0.2, -0.15) is 0 Å². The number of hydrogen-bond acceptors (Lipinski definition) is 5. The van der Waals surface area contributed by atoms with Gasteiger partial charge in [-0.1, -0.05) is 85.8 Å². The van der Waals surface area contributed by atoms with Gasteiger partial charge in [0.1, 0.15) is 22.8 Å². The van der Waals surface area contributed by atoms with Crippen LogP contribution in [0.25, 0.3) is 0 Å². The third kappa shape index (κ3) is 4.83. The lowest BCUT2D eigenvalue weighted by Gasteiger charge is -2.39. The number of ether oxygens (including phenoxy) is 2. The number of aliphatic imine (C=N–C) groups is 1. The van der Waals surface area contributed by atoms with E-state index in [4.69, 9.17) is 14.5 Å². The Labute approximate surface area is 212 Å². The number of phenols is 1. The maximum Gasteiger partial charge on any atom is 0.145 e. The highest BCUT2D eigenvalue weighted by Crippen LogP contribution is 2.47. The Morgan fingerprint density at radius 2 is 1.22 bits per heavy atom. The van der Waals surface area contributed by atoms with Gasteiger partial charge in [0.25, 0.3) is 0 Å². The lowest BCUT2D eigenvalue weighted by molar-refractivity contribution is 0.0401. The number of nitrogens with zero attached hydrogens (tertiary/aromatic N) is 1. The normalized spacial score (nSPS) is 13.3. The standard InChI is InChI=1S/C31H31NO4/c1-22(23-13-5-4-6-14-23)30(32-21-24-15-7-10-18-27(24)33)31(34,25-16-8-11-19-28(25)35-2)26-17-9-12-20-29(26)36-3/h4-22,30,33-34H,1-3H3. The number of phenolic OH excluding ortho intramolecular Hbond substituents is 1. The van der Waals surface area contributed by atoms with Crippen molar-refractivity contribution >= 4 is 6.21 Å². The molecule has 0 radical (unpaired) electrons. The maximum atomic E-state index is 12.9. The first-order valence-electron chi connectivity index (χ1n) is 11.9. The second kappa shape index (κ2) is 11.1. The lowest BCUT2D eigenvalue weighted by Crippen LogP contribution is -2.43. The van der Waals surface area contributed by atoms with Crippen LogP contribution in [0, 0.1) is 0 Å². The fourth-order valence-corrected chi connectivity index (χ4v) is 4.68. The molecule has 36 heavy (non-hydrogen) atoms. The van der Waals surface area contributed by atoms with Gasteiger partial charge in [0.15, 0.2) is 0 Å². The summed E-state index contributed by atoms with van der Waals surface area (Å²) in [7, 11) is 3.17. The van der Waals surface area contributed by atoms with Crippen molar-refractivity contribution in [1.29, 1.82) is 0 Å². The molecule has 4 rings (SSSR count). The van der Waals surface area contributed by atoms with Crippen LogP contribution in [0.5, 0.6) is 17.2 Å². The summed E-state index contributed by atoms with van der Waals surface area (Å²) in [5.41, 5.74) is 1.07. The molecule has 0 aliphatic rings. The van der Waals surface area contributed by atoms with Crippen LogP contribution < -0.4 is 9.47 Å². The molecule has 0 fully saturated rings. The second-order valence-electron chi connectivity index (χ2n) is 8.65. The summed E-state index contributed by atoms with van der Waals surface area (Å²) in [6.45, 7) is 2.04. The number of rotatable bonds is 9. The predicted octanol–water partition coefficient (Wildman–Crippen LogP) is 5.94. The summed E-state index contributed by atoms with van der Waals surface area (Å²) in [6.07, 6.45) is 1.62. The van der Waals surface area contributed by atoms with Crippen LogP contribution in [-0.4, -0.2) is 36.7 Å². The van der Waals surface area contributed by atoms with E-state index in [1.165, 1.54) is 0 Å². The van der Waals surface area contributed by atoms with Crippen molar-refractivity contribution < 1.29 is 19.7 Å². The third-order valence-electron chi connectivity index (χ3n) is 6.57. The van der Waals surface area contributed by atoms with Gasteiger partial charge in [-0.05, 0) is 29.8 Å². The first-order chi connectivity index (χ1) is 17.5. The van der Waals surface area contributed by atoms with E-state index in [9.17, 15) is 10.2 Å². The van der Waals surface area contributed by atoms with E-state index in [0.29, 0.717) is 28.2 Å². The summed E-state index contributed by atoms with van der Waals surface area (Å²) < 4.78 is 11.4. The summed E-state index contributed by atoms with van der Waals surface area (Å²) in [4.78, 5) is 4.96. The van der Waals surface area contributed by atoms with Gasteiger partial charge in [0, 0.05) is 28.8 Å². The highest BCUT2D eigenvalue weighted by atomic mass is 16.5. The Balaban J connectivity index is 2.01. The van der Waals surface area contributed by atoms with Crippen LogP contribution >= 0.6 is 0 Å². The van der Waals surface area contributed by atoms with Crippen molar-refractivity contribution in [1.82, 2.24) is 0 Å². The zero-order valence-corrected chi connectivity index (χ0v) is 20.7. The number of aliphatic hydroxyl groups is 1. The van der Waals surface area contributed by atoms with E-state index in [1.807, 2.05) is 91.9 Å². The largest absolute Gasteiger partial charge is 0.507 e. The van der Waals surface area contributed by atoms with Gasteiger partial charge < -0.3 is 19.7 Å². The first-order valence-corrected chi connectivity index (χ1v) is 11.9. The minimum absolute atomic E-state index is 0.116. The summed E-state index contributed by atoms with van der Waals surface area (Å²) in [6, 6.07) is 31.1. The molecule has 2 N–H and O–H groups in total. The highest BCUT2D eigenvalue weighted by Gasteiger charge is 2.46. The molecule has 0 aliphatic carbocycles. The Morgan fingerprint density at radius 3 is 1.78 bits per heavy atom. The highest BCUT2D eigenvalue weighted by molar-refractivity contribution is 5.83. The molecule has 4 aromatic rings. The Kier molecular flexibility index (Phi) is 7.71. The summed E-state index contributed by atoms with van der Waals surface area (Å²) in [5, 5.41) is 23.3. The van der Waals surface area contributed by atoms with Crippen LogP contribution in [-0.2, 0) is 5.60 Å². The second-order valence-corrected chi connectivity index (χ2v) is 8.65. The van der Waals surface area contributed by atoms with Gasteiger partial charge in [0.2, 0.25) is 0 Å². The van der Waals surface area contributed by atoms with Crippen molar-refractivity contribution in [3.63, 3.8) is 0 Å². The van der Waals surface area contributed by atoms with E-state index in [0.717, 1.165) is 5.56 Å². The molecule has 0 bridgehead atoms. The number of hydrogen-bond donors (Lipinski definition) is 2. The van der Waals surface area contributed by atoms with Gasteiger partial charge in [0.05, 0.1) is 20.3 Å². The Hall–Kier alpha value is -4.09. The molecular weight excluding hydrogens is 450 g/mol. The molecule has 4 aromatic carbocycles. The monoisotopic (exact) mass is 481 g/mol. The number of aromatic hydroxyl groups is 1. The Bertz CT molecular complexity index is 1270.